The second-order valence-corrected chi connectivity index (χ2v) is 9.13. The summed E-state index contributed by atoms with van der Waals surface area (Å²) >= 11 is 0. The zero-order chi connectivity index (χ0) is 19.4. The Bertz CT molecular complexity index is 760. The maximum absolute atomic E-state index is 12.7. The van der Waals surface area contributed by atoms with Crippen molar-refractivity contribution in [1.82, 2.24) is 10.6 Å². The summed E-state index contributed by atoms with van der Waals surface area (Å²) in [6.07, 6.45) is 1.59. The Hall–Kier alpha value is -1.84. The molecule has 0 unspecified atom stereocenters. The van der Waals surface area contributed by atoms with E-state index >= 15 is 0 Å². The first kappa shape index (κ1) is 23.2. The van der Waals surface area contributed by atoms with Gasteiger partial charge in [-0.15, -0.1) is 12.4 Å². The third-order valence-corrected chi connectivity index (χ3v) is 6.37. The zero-order valence-electron chi connectivity index (χ0n) is 15.7. The lowest BCUT2D eigenvalue weighted by atomic mass is 9.95. The molecular weight excluding hydrogens is 392 g/mol. The van der Waals surface area contributed by atoms with E-state index < -0.39 is 20.5 Å². The highest BCUT2D eigenvalue weighted by molar-refractivity contribution is 7.92. The molecule has 1 aromatic carbocycles. The van der Waals surface area contributed by atoms with Crippen molar-refractivity contribution in [3.8, 4) is 0 Å². The van der Waals surface area contributed by atoms with Crippen LogP contribution in [0.2, 0.25) is 0 Å². The van der Waals surface area contributed by atoms with E-state index in [1.165, 1.54) is 0 Å². The van der Waals surface area contributed by atoms with Crippen LogP contribution in [0.5, 0.6) is 0 Å². The van der Waals surface area contributed by atoms with E-state index in [9.17, 15) is 18.0 Å². The van der Waals surface area contributed by atoms with Gasteiger partial charge in [-0.1, -0.05) is 0 Å². The van der Waals surface area contributed by atoms with Gasteiger partial charge in [-0.25, -0.2) is 13.2 Å². The molecule has 1 saturated heterocycles. The third-order valence-electron chi connectivity index (χ3n) is 4.36. The maximum Gasteiger partial charge on any atom is 0.319 e. The average molecular weight is 419 g/mol. The molecule has 152 valence electrons. The molecule has 1 aliphatic heterocycles. The highest BCUT2D eigenvalue weighted by Gasteiger charge is 2.48. The van der Waals surface area contributed by atoms with Gasteiger partial charge in [-0.3, -0.25) is 4.79 Å². The van der Waals surface area contributed by atoms with Crippen LogP contribution >= 0.6 is 12.4 Å². The van der Waals surface area contributed by atoms with Gasteiger partial charge in [-0.05, 0) is 64.0 Å². The molecule has 0 saturated carbocycles. The molecule has 1 aliphatic rings. The number of hydrogen-bond acceptors (Lipinski definition) is 5. The van der Waals surface area contributed by atoms with E-state index in [1.54, 1.807) is 24.3 Å². The minimum Gasteiger partial charge on any atom is -0.336 e. The van der Waals surface area contributed by atoms with Crippen LogP contribution in [-0.4, -0.2) is 50.5 Å². The monoisotopic (exact) mass is 418 g/mol. The molecule has 4 N–H and O–H groups in total. The summed E-state index contributed by atoms with van der Waals surface area (Å²) in [5.41, 5.74) is 1.05. The number of nitrogens with one attached hydrogen (secondary N) is 4. The molecule has 27 heavy (non-hydrogen) atoms. The first-order chi connectivity index (χ1) is 12.1. The van der Waals surface area contributed by atoms with Crippen molar-refractivity contribution < 1.29 is 18.0 Å². The van der Waals surface area contributed by atoms with Crippen LogP contribution in [0.25, 0.3) is 0 Å². The highest BCUT2D eigenvalue weighted by atomic mass is 35.5. The van der Waals surface area contributed by atoms with Crippen molar-refractivity contribution in [2.45, 2.75) is 37.5 Å². The smallest absolute Gasteiger partial charge is 0.319 e. The van der Waals surface area contributed by atoms with Crippen LogP contribution in [0.15, 0.2) is 24.3 Å². The van der Waals surface area contributed by atoms with Crippen LogP contribution in [0.4, 0.5) is 16.2 Å². The van der Waals surface area contributed by atoms with Crippen LogP contribution < -0.4 is 21.3 Å². The Labute approximate surface area is 166 Å². The lowest BCUT2D eigenvalue weighted by Crippen LogP contribution is -2.55. The second-order valence-electron chi connectivity index (χ2n) is 6.80. The summed E-state index contributed by atoms with van der Waals surface area (Å²) in [7, 11) is -3.56. The summed E-state index contributed by atoms with van der Waals surface area (Å²) in [5.74, 6) is -0.514. The fourth-order valence-electron chi connectivity index (χ4n) is 2.91. The zero-order valence-corrected chi connectivity index (χ0v) is 17.3. The number of anilines is 2. The molecule has 1 aromatic rings. The number of hydrogen-bond donors (Lipinski definition) is 4. The van der Waals surface area contributed by atoms with E-state index in [4.69, 9.17) is 0 Å². The summed E-state index contributed by atoms with van der Waals surface area (Å²) < 4.78 is 23.1. The fraction of sp³-hybridized carbons (Fsp3) is 0.529. The van der Waals surface area contributed by atoms with E-state index in [1.807, 2.05) is 13.8 Å². The molecule has 0 aromatic heterocycles. The Morgan fingerprint density at radius 1 is 1.04 bits per heavy atom. The Balaban J connectivity index is 0.00000364. The van der Waals surface area contributed by atoms with Gasteiger partial charge in [-0.2, -0.15) is 0 Å². The number of rotatable bonds is 5. The first-order valence-corrected chi connectivity index (χ1v) is 10.4. The SMILES string of the molecule is CC(C)NC(=O)Nc1ccc(NC(=O)C2(S(C)(=O)=O)CCNCC2)cc1.Cl. The van der Waals surface area contributed by atoms with Crippen LogP contribution in [0, 0.1) is 0 Å². The molecule has 0 spiro atoms. The number of sulfone groups is 1. The van der Waals surface area contributed by atoms with Crippen molar-refractivity contribution in [2.24, 2.45) is 0 Å². The predicted octanol–water partition coefficient (Wildman–Crippen LogP) is 1.74. The van der Waals surface area contributed by atoms with E-state index in [2.05, 4.69) is 21.3 Å². The van der Waals surface area contributed by atoms with E-state index in [0.717, 1.165) is 6.26 Å². The minimum atomic E-state index is -3.56. The Morgan fingerprint density at radius 3 is 1.96 bits per heavy atom. The van der Waals surface area contributed by atoms with Gasteiger partial charge < -0.3 is 21.3 Å². The number of halogens is 1. The largest absolute Gasteiger partial charge is 0.336 e. The van der Waals surface area contributed by atoms with E-state index in [-0.39, 0.29) is 37.3 Å². The van der Waals surface area contributed by atoms with Gasteiger partial charge in [0.05, 0.1) is 0 Å². The maximum atomic E-state index is 12.7. The van der Waals surface area contributed by atoms with Crippen molar-refractivity contribution in [1.29, 1.82) is 0 Å². The summed E-state index contributed by atoms with van der Waals surface area (Å²) in [5, 5.41) is 11.2. The number of piperidine rings is 1. The number of carbonyl (C=O) groups excluding carboxylic acids is 2. The second kappa shape index (κ2) is 9.38. The Morgan fingerprint density at radius 2 is 1.52 bits per heavy atom. The Kier molecular flexibility index (Phi) is 8.06. The summed E-state index contributed by atoms with van der Waals surface area (Å²) in [6.45, 7) is 4.68. The molecule has 0 bridgehead atoms. The van der Waals surface area contributed by atoms with Gasteiger partial charge in [0.15, 0.2) is 14.6 Å². The van der Waals surface area contributed by atoms with Crippen molar-refractivity contribution in [3.63, 3.8) is 0 Å². The molecule has 3 amide bonds. The van der Waals surface area contributed by atoms with Gasteiger partial charge in [0, 0.05) is 23.7 Å². The molecule has 1 fully saturated rings. The molecule has 0 atom stereocenters. The lowest BCUT2D eigenvalue weighted by molar-refractivity contribution is -0.119. The van der Waals surface area contributed by atoms with Gasteiger partial charge in [0.1, 0.15) is 0 Å². The number of carbonyl (C=O) groups is 2. The van der Waals surface area contributed by atoms with Crippen LogP contribution in [0.1, 0.15) is 26.7 Å². The normalized spacial score (nSPS) is 16.1. The molecule has 1 heterocycles. The molecule has 0 radical (unpaired) electrons. The predicted molar refractivity (Wildman–Crippen MR) is 109 cm³/mol. The third kappa shape index (κ3) is 5.82. The standard InChI is InChI=1S/C17H26N4O4S.ClH/c1-12(2)19-16(23)21-14-6-4-13(5-7-14)20-15(22)17(26(3,24)25)8-10-18-11-9-17;/h4-7,12,18H,8-11H2,1-3H3,(H,20,22)(H2,19,21,23);1H. The number of urea groups is 1. The van der Waals surface area contributed by atoms with Gasteiger partial charge in [0.2, 0.25) is 5.91 Å². The fourth-order valence-corrected chi connectivity index (χ4v) is 4.24. The highest BCUT2D eigenvalue weighted by Crippen LogP contribution is 2.29. The van der Waals surface area contributed by atoms with E-state index in [0.29, 0.717) is 24.5 Å². The molecule has 10 heteroatoms. The average Bonchev–Trinajstić information content (AvgIpc) is 2.55. The lowest BCUT2D eigenvalue weighted by Gasteiger charge is -2.34. The van der Waals surface area contributed by atoms with Crippen LogP contribution in [-0.2, 0) is 14.6 Å². The van der Waals surface area contributed by atoms with Crippen molar-refractivity contribution in [3.05, 3.63) is 24.3 Å². The van der Waals surface area contributed by atoms with Crippen LogP contribution in [0.3, 0.4) is 0 Å². The minimum absolute atomic E-state index is 0. The quantitative estimate of drug-likeness (QED) is 0.581. The summed E-state index contributed by atoms with van der Waals surface area (Å²) in [4.78, 5) is 24.4. The molecule has 0 aliphatic carbocycles. The van der Waals surface area contributed by atoms with Crippen molar-refractivity contribution in [2.75, 3.05) is 30.0 Å². The molecule has 8 nitrogen and oxygen atoms in total. The van der Waals surface area contributed by atoms with Gasteiger partial charge >= 0.3 is 6.03 Å². The molecular formula is C17H27ClN4O4S. The van der Waals surface area contributed by atoms with Crippen molar-refractivity contribution >= 4 is 45.6 Å². The number of benzene rings is 1. The first-order valence-electron chi connectivity index (χ1n) is 8.53. The number of amides is 3. The van der Waals surface area contributed by atoms with Gasteiger partial charge in [0.25, 0.3) is 0 Å². The molecule has 2 rings (SSSR count). The summed E-state index contributed by atoms with van der Waals surface area (Å²) in [6, 6.07) is 6.24. The topological polar surface area (TPSA) is 116 Å².